The van der Waals surface area contributed by atoms with Crippen LogP contribution in [0.15, 0.2) is 39.5 Å². The second kappa shape index (κ2) is 10.7. The van der Waals surface area contributed by atoms with Crippen LogP contribution >= 0.6 is 35.3 Å². The van der Waals surface area contributed by atoms with Crippen molar-refractivity contribution in [1.29, 1.82) is 0 Å². The van der Waals surface area contributed by atoms with Gasteiger partial charge in [-0.05, 0) is 31.2 Å². The number of ether oxygens (including phenoxy) is 2. The van der Waals surface area contributed by atoms with E-state index in [-0.39, 0.29) is 47.2 Å². The molecule has 0 amide bonds. The van der Waals surface area contributed by atoms with Crippen molar-refractivity contribution >= 4 is 57.0 Å². The molecule has 150 valence electrons. The highest BCUT2D eigenvalue weighted by molar-refractivity contribution is 14.0. The predicted molar refractivity (Wildman–Crippen MR) is 119 cm³/mol. The number of aryl methyl sites for hydroxylation is 1. The van der Waals surface area contributed by atoms with E-state index in [1.165, 1.54) is 11.3 Å². The number of benzene rings is 1. The Bertz CT molecular complexity index is 884. The van der Waals surface area contributed by atoms with Crippen LogP contribution in [0.5, 0.6) is 11.5 Å². The predicted octanol–water partition coefficient (Wildman–Crippen LogP) is 2.40. The minimum Gasteiger partial charge on any atom is -0.493 e. The Labute approximate surface area is 180 Å². The third-order valence-electron chi connectivity index (χ3n) is 3.32. The second-order valence-corrected chi connectivity index (χ2v) is 8.51. The van der Waals surface area contributed by atoms with Crippen molar-refractivity contribution in [2.45, 2.75) is 11.1 Å². The van der Waals surface area contributed by atoms with E-state index in [1.54, 1.807) is 44.6 Å². The lowest BCUT2D eigenvalue weighted by Gasteiger charge is -2.11. The Kier molecular flexibility index (Phi) is 9.29. The number of nitrogens with zero attached hydrogens (tertiary/aromatic N) is 1. The van der Waals surface area contributed by atoms with Crippen molar-refractivity contribution in [3.63, 3.8) is 0 Å². The first-order chi connectivity index (χ1) is 12.4. The summed E-state index contributed by atoms with van der Waals surface area (Å²) >= 11 is 1.22. The lowest BCUT2D eigenvalue weighted by atomic mass is 10.3. The lowest BCUT2D eigenvalue weighted by Crippen LogP contribution is -2.28. The summed E-state index contributed by atoms with van der Waals surface area (Å²) in [6, 6.07) is 8.58. The molecule has 27 heavy (non-hydrogen) atoms. The fourth-order valence-electron chi connectivity index (χ4n) is 2.09. The van der Waals surface area contributed by atoms with E-state index in [1.807, 2.05) is 6.92 Å². The van der Waals surface area contributed by atoms with Gasteiger partial charge in [0, 0.05) is 23.2 Å². The summed E-state index contributed by atoms with van der Waals surface area (Å²) in [7, 11) is -0.409. The highest BCUT2D eigenvalue weighted by Gasteiger charge is 2.15. The molecule has 0 aliphatic rings. The van der Waals surface area contributed by atoms with Crippen LogP contribution in [0.2, 0.25) is 0 Å². The minimum absolute atomic E-state index is 0. The number of anilines is 1. The van der Waals surface area contributed by atoms with Gasteiger partial charge in [0.2, 0.25) is 10.0 Å². The summed E-state index contributed by atoms with van der Waals surface area (Å²) in [5, 5.41) is 2.92. The van der Waals surface area contributed by atoms with E-state index in [4.69, 9.17) is 15.2 Å². The second-order valence-electron chi connectivity index (χ2n) is 5.22. The molecule has 0 aliphatic carbocycles. The number of hydrogen-bond acceptors (Lipinski definition) is 6. The van der Waals surface area contributed by atoms with Gasteiger partial charge in [-0.3, -0.25) is 4.99 Å². The molecule has 0 aliphatic heterocycles. The summed E-state index contributed by atoms with van der Waals surface area (Å²) in [5.41, 5.74) is 6.50. The summed E-state index contributed by atoms with van der Waals surface area (Å²) in [4.78, 5) is 5.04. The number of thiophene rings is 1. The zero-order chi connectivity index (χ0) is 19.2. The maximum Gasteiger partial charge on any atom is 0.250 e. The molecule has 0 fully saturated rings. The highest BCUT2D eigenvalue weighted by atomic mass is 127. The molecule has 1 aromatic heterocycles. The van der Waals surface area contributed by atoms with Gasteiger partial charge in [0.15, 0.2) is 17.5 Å². The molecule has 1 heterocycles. The summed E-state index contributed by atoms with van der Waals surface area (Å²) in [6.45, 7) is 2.21. The first-order valence-electron chi connectivity index (χ1n) is 7.71. The first-order valence-corrected chi connectivity index (χ1v) is 10.0. The fourth-order valence-corrected chi connectivity index (χ4v) is 4.43. The van der Waals surface area contributed by atoms with Crippen LogP contribution in [-0.4, -0.2) is 41.7 Å². The quantitative estimate of drug-likeness (QED) is 0.211. The number of rotatable bonds is 8. The Morgan fingerprint density at radius 1 is 1.19 bits per heavy atom. The van der Waals surface area contributed by atoms with Crippen LogP contribution in [0, 0.1) is 6.92 Å². The molecule has 0 radical (unpaired) electrons. The number of hydrogen-bond donors (Lipinski definition) is 3. The zero-order valence-electron chi connectivity index (χ0n) is 15.2. The SMILES string of the molecule is COc1ccc(NC(N)=NCCNS(=O)(=O)c2ccc(C)s2)cc1OC.I. The largest absolute Gasteiger partial charge is 0.493 e. The summed E-state index contributed by atoms with van der Waals surface area (Å²) < 4.78 is 37.3. The van der Waals surface area contributed by atoms with E-state index < -0.39 is 10.0 Å². The normalized spacial score (nSPS) is 11.6. The zero-order valence-corrected chi connectivity index (χ0v) is 19.1. The average molecular weight is 526 g/mol. The smallest absolute Gasteiger partial charge is 0.250 e. The standard InChI is InChI=1S/C16H22N4O4S2.HI/c1-11-4-7-15(25-11)26(21,22)19-9-8-18-16(17)20-12-5-6-13(23-2)14(10-12)24-3;/h4-7,10,19H,8-9H2,1-3H3,(H3,17,18,20);1H. The molecule has 2 aromatic rings. The number of aliphatic imine (C=N–C) groups is 1. The van der Waals surface area contributed by atoms with Crippen molar-refractivity contribution in [2.24, 2.45) is 10.7 Å². The summed E-state index contributed by atoms with van der Waals surface area (Å²) in [6.07, 6.45) is 0. The van der Waals surface area contributed by atoms with Crippen molar-refractivity contribution in [3.05, 3.63) is 35.2 Å². The third-order valence-corrected chi connectivity index (χ3v) is 6.28. The molecule has 0 atom stereocenters. The van der Waals surface area contributed by atoms with E-state index in [2.05, 4.69) is 15.0 Å². The minimum atomic E-state index is -3.51. The van der Waals surface area contributed by atoms with Gasteiger partial charge in [-0.15, -0.1) is 35.3 Å². The number of methoxy groups -OCH3 is 2. The number of guanidine groups is 1. The number of nitrogens with one attached hydrogen (secondary N) is 2. The maximum atomic E-state index is 12.1. The molecule has 2 rings (SSSR count). The first kappa shape index (κ1) is 23.5. The van der Waals surface area contributed by atoms with Crippen molar-refractivity contribution < 1.29 is 17.9 Å². The van der Waals surface area contributed by atoms with Gasteiger partial charge >= 0.3 is 0 Å². The van der Waals surface area contributed by atoms with E-state index in [9.17, 15) is 8.42 Å². The highest BCUT2D eigenvalue weighted by Crippen LogP contribution is 2.29. The average Bonchev–Trinajstić information content (AvgIpc) is 3.06. The van der Waals surface area contributed by atoms with Crippen molar-refractivity contribution in [1.82, 2.24) is 4.72 Å². The van der Waals surface area contributed by atoms with Crippen LogP contribution in [0.25, 0.3) is 0 Å². The van der Waals surface area contributed by atoms with E-state index in [0.717, 1.165) is 4.88 Å². The Balaban J connectivity index is 0.00000364. The van der Waals surface area contributed by atoms with Crippen LogP contribution in [0.4, 0.5) is 5.69 Å². The molecule has 1 aromatic carbocycles. The molecule has 0 unspecified atom stereocenters. The molecule has 0 saturated heterocycles. The van der Waals surface area contributed by atoms with Gasteiger partial charge in [0.25, 0.3) is 0 Å². The van der Waals surface area contributed by atoms with Crippen LogP contribution < -0.4 is 25.2 Å². The third kappa shape index (κ3) is 6.83. The number of halogens is 1. The molecule has 8 nitrogen and oxygen atoms in total. The fraction of sp³-hybridized carbons (Fsp3) is 0.312. The number of nitrogens with two attached hydrogens (primary N) is 1. The van der Waals surface area contributed by atoms with Crippen LogP contribution in [-0.2, 0) is 10.0 Å². The van der Waals surface area contributed by atoms with E-state index in [0.29, 0.717) is 17.2 Å². The van der Waals surface area contributed by atoms with Crippen molar-refractivity contribution in [2.75, 3.05) is 32.6 Å². The molecular weight excluding hydrogens is 503 g/mol. The number of sulfonamides is 1. The van der Waals surface area contributed by atoms with Gasteiger partial charge in [-0.25, -0.2) is 13.1 Å². The molecule has 4 N–H and O–H groups in total. The molecule has 0 spiro atoms. The van der Waals surface area contributed by atoms with Gasteiger partial charge in [-0.2, -0.15) is 0 Å². The Hall–Kier alpha value is -1.57. The van der Waals surface area contributed by atoms with Crippen LogP contribution in [0.1, 0.15) is 4.88 Å². The lowest BCUT2D eigenvalue weighted by molar-refractivity contribution is 0.355. The Morgan fingerprint density at radius 2 is 1.89 bits per heavy atom. The van der Waals surface area contributed by atoms with Crippen LogP contribution in [0.3, 0.4) is 0 Å². The topological polar surface area (TPSA) is 115 Å². The molecule has 0 saturated carbocycles. The molecule has 0 bridgehead atoms. The summed E-state index contributed by atoms with van der Waals surface area (Å²) in [5.74, 6) is 1.33. The molecular formula is C16H23IN4O4S2. The van der Waals surface area contributed by atoms with Gasteiger partial charge in [-0.1, -0.05) is 0 Å². The monoisotopic (exact) mass is 526 g/mol. The van der Waals surface area contributed by atoms with Crippen molar-refractivity contribution in [3.8, 4) is 11.5 Å². The van der Waals surface area contributed by atoms with Gasteiger partial charge in [0.1, 0.15) is 4.21 Å². The maximum absolute atomic E-state index is 12.1. The van der Waals surface area contributed by atoms with E-state index >= 15 is 0 Å². The Morgan fingerprint density at radius 3 is 2.48 bits per heavy atom. The molecule has 11 heteroatoms. The van der Waals surface area contributed by atoms with Gasteiger partial charge < -0.3 is 20.5 Å². The van der Waals surface area contributed by atoms with Gasteiger partial charge in [0.05, 0.1) is 20.8 Å².